The van der Waals surface area contributed by atoms with Gasteiger partial charge in [-0.3, -0.25) is 0 Å². The summed E-state index contributed by atoms with van der Waals surface area (Å²) in [6.45, 7) is 6.90. The normalized spacial score (nSPS) is 22.6. The van der Waals surface area contributed by atoms with Crippen LogP contribution in [0.5, 0.6) is 0 Å². The van der Waals surface area contributed by atoms with Gasteiger partial charge in [0, 0.05) is 12.6 Å². The highest BCUT2D eigenvalue weighted by Crippen LogP contribution is 2.23. The van der Waals surface area contributed by atoms with E-state index in [1.165, 1.54) is 0 Å². The van der Waals surface area contributed by atoms with Crippen molar-refractivity contribution in [1.29, 1.82) is 0 Å². The zero-order valence-electron chi connectivity index (χ0n) is 11.1. The lowest BCUT2D eigenvalue weighted by molar-refractivity contribution is 0.0205. The first-order chi connectivity index (χ1) is 7.85. The topological polar surface area (TPSA) is 81.6 Å². The molecule has 100 valence electrons. The van der Waals surface area contributed by atoms with Gasteiger partial charge in [0.25, 0.3) is 0 Å². The van der Waals surface area contributed by atoms with Gasteiger partial charge in [-0.15, -0.1) is 0 Å². The van der Waals surface area contributed by atoms with Crippen LogP contribution in [0.1, 0.15) is 40.0 Å². The minimum absolute atomic E-state index is 0.0463. The zero-order valence-corrected chi connectivity index (χ0v) is 11.1. The summed E-state index contributed by atoms with van der Waals surface area (Å²) in [5, 5.41) is 0. The van der Waals surface area contributed by atoms with E-state index in [1.54, 1.807) is 4.90 Å². The highest BCUT2D eigenvalue weighted by Gasteiger charge is 2.35. The van der Waals surface area contributed by atoms with Crippen LogP contribution in [0.15, 0.2) is 0 Å². The second-order valence-electron chi connectivity index (χ2n) is 5.62. The first kappa shape index (κ1) is 14.3. The largest absolute Gasteiger partial charge is 0.444 e. The quantitative estimate of drug-likeness (QED) is 0.776. The fourth-order valence-corrected chi connectivity index (χ4v) is 2.17. The van der Waals surface area contributed by atoms with E-state index in [0.29, 0.717) is 6.54 Å². The van der Waals surface area contributed by atoms with Gasteiger partial charge in [-0.2, -0.15) is 0 Å². The van der Waals surface area contributed by atoms with Crippen molar-refractivity contribution in [1.82, 2.24) is 4.90 Å². The maximum Gasteiger partial charge on any atom is 0.410 e. The molecule has 1 fully saturated rings. The van der Waals surface area contributed by atoms with Gasteiger partial charge < -0.3 is 21.1 Å². The molecule has 1 heterocycles. The molecular weight excluding hydrogens is 218 g/mol. The van der Waals surface area contributed by atoms with Gasteiger partial charge in [0.15, 0.2) is 0 Å². The van der Waals surface area contributed by atoms with Gasteiger partial charge >= 0.3 is 6.09 Å². The lowest BCUT2D eigenvalue weighted by Gasteiger charge is -2.31. The Balaban J connectivity index is 2.59. The number of nitrogens with zero attached hydrogens (tertiary/aromatic N) is 1. The van der Waals surface area contributed by atoms with Gasteiger partial charge in [-0.1, -0.05) is 0 Å². The molecule has 1 saturated heterocycles. The monoisotopic (exact) mass is 243 g/mol. The van der Waals surface area contributed by atoms with E-state index in [0.717, 1.165) is 25.8 Å². The van der Waals surface area contributed by atoms with Crippen LogP contribution in [0.4, 0.5) is 4.79 Å². The molecule has 0 aromatic heterocycles. The fourth-order valence-electron chi connectivity index (χ4n) is 2.17. The molecule has 2 unspecified atom stereocenters. The van der Waals surface area contributed by atoms with Crippen molar-refractivity contribution in [3.8, 4) is 0 Å². The molecule has 1 amide bonds. The van der Waals surface area contributed by atoms with Gasteiger partial charge in [0.1, 0.15) is 5.60 Å². The minimum atomic E-state index is -0.456. The summed E-state index contributed by atoms with van der Waals surface area (Å²) in [6.07, 6.45) is 2.42. The molecule has 0 spiro atoms. The summed E-state index contributed by atoms with van der Waals surface area (Å²) in [5.41, 5.74) is 11.1. The molecule has 2 atom stereocenters. The molecule has 0 bridgehead atoms. The number of hydrogen-bond acceptors (Lipinski definition) is 4. The number of hydrogen-bond donors (Lipinski definition) is 2. The van der Waals surface area contributed by atoms with Gasteiger partial charge in [-0.05, 0) is 46.6 Å². The third-order valence-corrected chi connectivity index (χ3v) is 2.92. The van der Waals surface area contributed by atoms with E-state index in [-0.39, 0.29) is 18.2 Å². The minimum Gasteiger partial charge on any atom is -0.444 e. The predicted molar refractivity (Wildman–Crippen MR) is 67.6 cm³/mol. The van der Waals surface area contributed by atoms with Crippen molar-refractivity contribution in [3.63, 3.8) is 0 Å². The summed E-state index contributed by atoms with van der Waals surface area (Å²) in [4.78, 5) is 13.8. The van der Waals surface area contributed by atoms with Crippen LogP contribution in [0.2, 0.25) is 0 Å². The smallest absolute Gasteiger partial charge is 0.410 e. The molecule has 0 aliphatic carbocycles. The van der Waals surface area contributed by atoms with Crippen LogP contribution >= 0.6 is 0 Å². The van der Waals surface area contributed by atoms with E-state index in [1.807, 2.05) is 20.8 Å². The number of carbonyl (C=O) groups is 1. The molecule has 5 nitrogen and oxygen atoms in total. The van der Waals surface area contributed by atoms with Crippen LogP contribution in [-0.4, -0.2) is 41.8 Å². The Labute approximate surface area is 103 Å². The van der Waals surface area contributed by atoms with Crippen LogP contribution in [-0.2, 0) is 4.74 Å². The van der Waals surface area contributed by atoms with Crippen molar-refractivity contribution in [2.45, 2.75) is 57.7 Å². The van der Waals surface area contributed by atoms with Gasteiger partial charge in [0.2, 0.25) is 0 Å². The number of likely N-dealkylation sites (tertiary alicyclic amines) is 1. The lowest BCUT2D eigenvalue weighted by Crippen LogP contribution is -2.48. The highest BCUT2D eigenvalue weighted by molar-refractivity contribution is 5.69. The van der Waals surface area contributed by atoms with Crippen molar-refractivity contribution in [2.24, 2.45) is 11.5 Å². The highest BCUT2D eigenvalue weighted by atomic mass is 16.6. The van der Waals surface area contributed by atoms with Crippen molar-refractivity contribution >= 4 is 6.09 Å². The Morgan fingerprint density at radius 3 is 2.71 bits per heavy atom. The second kappa shape index (κ2) is 5.69. The lowest BCUT2D eigenvalue weighted by atomic mass is 10.0. The van der Waals surface area contributed by atoms with E-state index in [2.05, 4.69) is 0 Å². The number of nitrogens with two attached hydrogens (primary N) is 2. The summed E-state index contributed by atoms with van der Waals surface area (Å²) >= 11 is 0. The second-order valence-corrected chi connectivity index (χ2v) is 5.62. The molecule has 0 saturated carbocycles. The van der Waals surface area contributed by atoms with Crippen LogP contribution in [0, 0.1) is 0 Å². The molecule has 0 aromatic carbocycles. The number of carbonyl (C=O) groups excluding carboxylic acids is 1. The van der Waals surface area contributed by atoms with Crippen LogP contribution < -0.4 is 11.5 Å². The number of rotatable bonds is 3. The SMILES string of the molecule is CC(C)(C)OC(=O)N1CCCC1C(N)CCN. The average molecular weight is 243 g/mol. The van der Waals surface area contributed by atoms with Crippen molar-refractivity contribution in [2.75, 3.05) is 13.1 Å². The Morgan fingerprint density at radius 1 is 1.53 bits per heavy atom. The van der Waals surface area contributed by atoms with Gasteiger partial charge in [-0.25, -0.2) is 4.79 Å². The molecule has 0 radical (unpaired) electrons. The molecule has 1 aliphatic heterocycles. The summed E-state index contributed by atoms with van der Waals surface area (Å²) in [6, 6.07) is 0.0309. The maximum atomic E-state index is 12.0. The number of amides is 1. The first-order valence-electron chi connectivity index (χ1n) is 6.30. The standard InChI is InChI=1S/C12H25N3O2/c1-12(2,3)17-11(16)15-8-4-5-10(15)9(14)6-7-13/h9-10H,4-8,13-14H2,1-3H3. The van der Waals surface area contributed by atoms with E-state index in [4.69, 9.17) is 16.2 Å². The third kappa shape index (κ3) is 4.16. The van der Waals surface area contributed by atoms with Crippen LogP contribution in [0.3, 0.4) is 0 Å². The first-order valence-corrected chi connectivity index (χ1v) is 6.30. The van der Waals surface area contributed by atoms with Crippen molar-refractivity contribution in [3.05, 3.63) is 0 Å². The summed E-state index contributed by atoms with van der Waals surface area (Å²) < 4.78 is 5.38. The zero-order chi connectivity index (χ0) is 13.1. The van der Waals surface area contributed by atoms with Crippen molar-refractivity contribution < 1.29 is 9.53 Å². The van der Waals surface area contributed by atoms with E-state index < -0.39 is 5.60 Å². The molecule has 0 aromatic rings. The molecule has 1 rings (SSSR count). The Kier molecular flexibility index (Phi) is 4.77. The summed E-state index contributed by atoms with van der Waals surface area (Å²) in [5.74, 6) is 0. The van der Waals surface area contributed by atoms with Gasteiger partial charge in [0.05, 0.1) is 6.04 Å². The average Bonchev–Trinajstić information content (AvgIpc) is 2.63. The molecule has 4 N–H and O–H groups in total. The third-order valence-electron chi connectivity index (χ3n) is 2.92. The Bertz CT molecular complexity index is 263. The Morgan fingerprint density at radius 2 is 2.18 bits per heavy atom. The van der Waals surface area contributed by atoms with E-state index >= 15 is 0 Å². The molecular formula is C12H25N3O2. The fraction of sp³-hybridized carbons (Fsp3) is 0.917. The maximum absolute atomic E-state index is 12.0. The van der Waals surface area contributed by atoms with E-state index in [9.17, 15) is 4.79 Å². The molecule has 1 aliphatic rings. The number of ether oxygens (including phenoxy) is 1. The predicted octanol–water partition coefficient (Wildman–Crippen LogP) is 1.06. The van der Waals surface area contributed by atoms with Crippen LogP contribution in [0.25, 0.3) is 0 Å². The summed E-state index contributed by atoms with van der Waals surface area (Å²) in [7, 11) is 0. The molecule has 5 heteroatoms. The Hall–Kier alpha value is -0.810. The molecule has 17 heavy (non-hydrogen) atoms.